The van der Waals surface area contributed by atoms with Crippen LogP contribution in [-0.4, -0.2) is 112 Å². The van der Waals surface area contributed by atoms with Gasteiger partial charge in [0, 0.05) is 25.9 Å². The highest BCUT2D eigenvalue weighted by atomic mass is 19.4. The van der Waals surface area contributed by atoms with Crippen LogP contribution in [-0.2, 0) is 41.6 Å². The van der Waals surface area contributed by atoms with E-state index in [1.54, 1.807) is 60.7 Å². The lowest BCUT2D eigenvalue weighted by Gasteiger charge is -2.38. The normalized spacial score (nSPS) is 16.0. The van der Waals surface area contributed by atoms with Gasteiger partial charge in [-0.2, -0.15) is 26.3 Å². The Balaban J connectivity index is 0.00000151. The van der Waals surface area contributed by atoms with Crippen LogP contribution in [0.15, 0.2) is 60.7 Å². The van der Waals surface area contributed by atoms with E-state index in [1.807, 2.05) is 0 Å². The molecular weight excluding hydrogens is 784 g/mol. The zero-order chi connectivity index (χ0) is 43.7. The Morgan fingerprint density at radius 3 is 1.64 bits per heavy atom. The minimum Gasteiger partial charge on any atom is -0.480 e. The highest BCUT2D eigenvalue weighted by molar-refractivity contribution is 5.95. The predicted octanol–water partition coefficient (Wildman–Crippen LogP) is 1.76. The summed E-state index contributed by atoms with van der Waals surface area (Å²) in [6.07, 6.45) is -11.0. The number of nitrogens with two attached hydrogens (primary N) is 3. The first-order chi connectivity index (χ1) is 27.1. The standard InChI is InChI=1S/C35H48F3N7O6.C2HF3O2/c36-35(37,38)15-14-26(30(47)43-27(13-7-8-18-39)32(49)45-19-16-34(41,17-20-45)33(50)51)42-31(48)28(22-24-11-5-2-6-12-24)44-29(46)25(40)21-23-9-3-1-4-10-23;3-2(4,5)1(6)7/h1-6,9-12,25-28H,7-8,13-22,39-41H2,(H,42,48)(H,43,47)(H,44,46)(H,50,51);(H,6,7)/t25-,26?,27-,28-;/m1./s1. The number of rotatable bonds is 18. The molecule has 2 aromatic carbocycles. The van der Waals surface area contributed by atoms with Crippen molar-refractivity contribution in [3.05, 3.63) is 71.8 Å². The molecule has 4 atom stereocenters. The second-order valence-corrected chi connectivity index (χ2v) is 13.7. The molecule has 0 spiro atoms. The lowest BCUT2D eigenvalue weighted by atomic mass is 9.88. The number of likely N-dealkylation sites (tertiary alicyclic amines) is 1. The molecule has 3 rings (SSSR count). The molecule has 15 nitrogen and oxygen atoms in total. The molecule has 2 aromatic rings. The molecule has 0 bridgehead atoms. The first-order valence-corrected chi connectivity index (χ1v) is 18.2. The number of piperidine rings is 1. The molecule has 1 heterocycles. The molecule has 0 saturated carbocycles. The van der Waals surface area contributed by atoms with Gasteiger partial charge in [0.2, 0.25) is 23.6 Å². The van der Waals surface area contributed by atoms with Crippen molar-refractivity contribution < 1.29 is 65.3 Å². The number of amides is 4. The van der Waals surface area contributed by atoms with Gasteiger partial charge in [-0.1, -0.05) is 60.7 Å². The zero-order valence-corrected chi connectivity index (χ0v) is 31.4. The van der Waals surface area contributed by atoms with E-state index >= 15 is 0 Å². The van der Waals surface area contributed by atoms with Crippen molar-refractivity contribution in [2.75, 3.05) is 19.6 Å². The number of alkyl halides is 6. The summed E-state index contributed by atoms with van der Waals surface area (Å²) >= 11 is 0. The van der Waals surface area contributed by atoms with Crippen molar-refractivity contribution in [1.82, 2.24) is 20.9 Å². The first-order valence-electron chi connectivity index (χ1n) is 18.2. The predicted molar refractivity (Wildman–Crippen MR) is 196 cm³/mol. The maximum absolute atomic E-state index is 13.7. The summed E-state index contributed by atoms with van der Waals surface area (Å²) in [5.41, 5.74) is 17.6. The van der Waals surface area contributed by atoms with Crippen molar-refractivity contribution >= 4 is 35.6 Å². The third kappa shape index (κ3) is 17.1. The van der Waals surface area contributed by atoms with E-state index in [0.29, 0.717) is 24.9 Å². The van der Waals surface area contributed by atoms with Crippen LogP contribution in [0.25, 0.3) is 0 Å². The van der Waals surface area contributed by atoms with Crippen molar-refractivity contribution in [2.24, 2.45) is 17.2 Å². The third-order valence-corrected chi connectivity index (χ3v) is 9.10. The average Bonchev–Trinajstić information content (AvgIpc) is 3.16. The Morgan fingerprint density at radius 2 is 1.17 bits per heavy atom. The molecule has 1 saturated heterocycles. The highest BCUT2D eigenvalue weighted by Gasteiger charge is 2.41. The smallest absolute Gasteiger partial charge is 0.480 e. The number of nitrogens with one attached hydrogen (secondary N) is 3. The van der Waals surface area contributed by atoms with Gasteiger partial charge in [0.15, 0.2) is 0 Å². The molecule has 11 N–H and O–H groups in total. The second-order valence-electron chi connectivity index (χ2n) is 13.7. The number of unbranched alkanes of at least 4 members (excludes halogenated alkanes) is 1. The molecule has 58 heavy (non-hydrogen) atoms. The number of carbonyl (C=O) groups is 6. The molecule has 1 aliphatic rings. The maximum Gasteiger partial charge on any atom is 0.490 e. The van der Waals surface area contributed by atoms with E-state index in [9.17, 15) is 55.4 Å². The third-order valence-electron chi connectivity index (χ3n) is 9.10. The van der Waals surface area contributed by atoms with Crippen LogP contribution in [0.2, 0.25) is 0 Å². The molecular formula is C37H49F6N7O8. The van der Waals surface area contributed by atoms with Gasteiger partial charge in [-0.15, -0.1) is 0 Å². The molecule has 322 valence electrons. The van der Waals surface area contributed by atoms with E-state index in [0.717, 1.165) is 5.56 Å². The largest absolute Gasteiger partial charge is 0.490 e. The van der Waals surface area contributed by atoms with Gasteiger partial charge in [-0.25, -0.2) is 4.79 Å². The fraction of sp³-hybridized carbons (Fsp3) is 0.514. The Kier molecular flexibility index (Phi) is 19.0. The van der Waals surface area contributed by atoms with Gasteiger partial charge in [0.1, 0.15) is 23.7 Å². The van der Waals surface area contributed by atoms with E-state index in [4.69, 9.17) is 27.1 Å². The molecule has 1 aliphatic heterocycles. The molecule has 1 fully saturated rings. The monoisotopic (exact) mass is 833 g/mol. The lowest BCUT2D eigenvalue weighted by Crippen LogP contribution is -2.60. The Bertz CT molecular complexity index is 1660. The van der Waals surface area contributed by atoms with Crippen LogP contribution in [0, 0.1) is 0 Å². The van der Waals surface area contributed by atoms with Crippen LogP contribution in [0.1, 0.15) is 56.1 Å². The minimum absolute atomic E-state index is 0.00754. The fourth-order valence-corrected chi connectivity index (χ4v) is 5.73. The van der Waals surface area contributed by atoms with Crippen LogP contribution in [0.4, 0.5) is 26.3 Å². The Hall–Kier alpha value is -5.28. The minimum atomic E-state index is -5.08. The van der Waals surface area contributed by atoms with Gasteiger partial charge in [-0.05, 0) is 62.6 Å². The number of aliphatic carboxylic acids is 2. The summed E-state index contributed by atoms with van der Waals surface area (Å²) in [4.78, 5) is 75.9. The first kappa shape index (κ1) is 48.9. The topological polar surface area (TPSA) is 260 Å². The van der Waals surface area contributed by atoms with Gasteiger partial charge < -0.3 is 48.3 Å². The summed E-state index contributed by atoms with van der Waals surface area (Å²) in [7, 11) is 0. The summed E-state index contributed by atoms with van der Waals surface area (Å²) in [6.45, 7) is 0.277. The second kappa shape index (κ2) is 22.6. The van der Waals surface area contributed by atoms with Crippen molar-refractivity contribution in [3.8, 4) is 0 Å². The van der Waals surface area contributed by atoms with Gasteiger partial charge in [0.05, 0.1) is 6.04 Å². The van der Waals surface area contributed by atoms with Crippen molar-refractivity contribution in [3.63, 3.8) is 0 Å². The average molecular weight is 834 g/mol. The fourth-order valence-electron chi connectivity index (χ4n) is 5.73. The number of nitrogens with zero attached hydrogens (tertiary/aromatic N) is 1. The quantitative estimate of drug-likeness (QED) is 0.0793. The molecule has 0 aromatic heterocycles. The molecule has 4 amide bonds. The number of carboxylic acids is 2. The van der Waals surface area contributed by atoms with Crippen molar-refractivity contribution in [2.45, 2.75) is 99.8 Å². The van der Waals surface area contributed by atoms with Gasteiger partial charge in [-0.3, -0.25) is 24.0 Å². The Labute approximate surface area is 330 Å². The van der Waals surface area contributed by atoms with Crippen LogP contribution in [0.3, 0.4) is 0 Å². The van der Waals surface area contributed by atoms with E-state index < -0.39 is 90.5 Å². The maximum atomic E-state index is 13.7. The summed E-state index contributed by atoms with van der Waals surface area (Å²) in [6, 6.07) is 12.2. The number of hydrogen-bond acceptors (Lipinski definition) is 9. The lowest BCUT2D eigenvalue weighted by molar-refractivity contribution is -0.192. The van der Waals surface area contributed by atoms with Gasteiger partial charge >= 0.3 is 24.3 Å². The van der Waals surface area contributed by atoms with E-state index in [2.05, 4.69) is 16.0 Å². The zero-order valence-electron chi connectivity index (χ0n) is 31.4. The Morgan fingerprint density at radius 1 is 0.707 bits per heavy atom. The number of hydrogen-bond donors (Lipinski definition) is 8. The van der Waals surface area contributed by atoms with Crippen molar-refractivity contribution in [1.29, 1.82) is 0 Å². The van der Waals surface area contributed by atoms with Gasteiger partial charge in [0.25, 0.3) is 0 Å². The molecule has 21 heteroatoms. The molecule has 0 radical (unpaired) electrons. The highest BCUT2D eigenvalue weighted by Crippen LogP contribution is 2.24. The number of carboxylic acid groups (broad SMARTS) is 2. The molecule has 0 aliphatic carbocycles. The van der Waals surface area contributed by atoms with Crippen LogP contribution < -0.4 is 33.2 Å². The van der Waals surface area contributed by atoms with E-state index in [1.165, 1.54) is 4.90 Å². The molecule has 1 unspecified atom stereocenters. The summed E-state index contributed by atoms with van der Waals surface area (Å²) in [5.74, 6) is -7.15. The van der Waals surface area contributed by atoms with E-state index in [-0.39, 0.29) is 45.2 Å². The van der Waals surface area contributed by atoms with Crippen LogP contribution in [0.5, 0.6) is 0 Å². The van der Waals surface area contributed by atoms with Crippen LogP contribution >= 0.6 is 0 Å². The summed E-state index contributed by atoms with van der Waals surface area (Å²) in [5, 5.41) is 24.1. The number of benzene rings is 2. The number of carbonyl (C=O) groups excluding carboxylic acids is 4. The summed E-state index contributed by atoms with van der Waals surface area (Å²) < 4.78 is 72.0. The SMILES string of the molecule is NCCCC[C@@H](NC(=O)C(CCC(F)(F)F)NC(=O)[C@@H](Cc1ccccc1)NC(=O)[C@H](N)Cc1ccccc1)C(=O)N1CCC(N)(C(=O)O)CC1.O=C(O)C(F)(F)F. The number of halogens is 6.